The van der Waals surface area contributed by atoms with Crippen LogP contribution in [-0.4, -0.2) is 31.9 Å². The van der Waals surface area contributed by atoms with E-state index in [-0.39, 0.29) is 29.4 Å². The van der Waals surface area contributed by atoms with Crippen molar-refractivity contribution >= 4 is 5.97 Å². The Labute approximate surface area is 98.9 Å². The van der Waals surface area contributed by atoms with Gasteiger partial charge in [0, 0.05) is 0 Å². The predicted octanol–water partition coefficient (Wildman–Crippen LogP) is 1.20. The molecule has 0 aromatic heterocycles. The maximum absolute atomic E-state index is 11.5. The first kappa shape index (κ1) is 12.7. The van der Waals surface area contributed by atoms with E-state index >= 15 is 0 Å². The molecule has 0 bridgehead atoms. The Kier molecular flexibility index (Phi) is 4.23. The number of carbonyl (C=O) groups excluding carboxylic acids is 1. The quantitative estimate of drug-likeness (QED) is 0.628. The number of carbonyl (C=O) groups is 1. The molecule has 0 saturated carbocycles. The Morgan fingerprint density at radius 1 is 1.35 bits per heavy atom. The molecular weight excluding hydrogens is 224 g/mol. The van der Waals surface area contributed by atoms with E-state index < -0.39 is 5.97 Å². The largest absolute Gasteiger partial charge is 0.502 e. The van der Waals surface area contributed by atoms with Crippen molar-refractivity contribution in [1.29, 1.82) is 0 Å². The van der Waals surface area contributed by atoms with Crippen LogP contribution in [0, 0.1) is 12.3 Å². The van der Waals surface area contributed by atoms with E-state index in [1.807, 2.05) is 0 Å². The van der Waals surface area contributed by atoms with Crippen LogP contribution in [0.25, 0.3) is 0 Å². The van der Waals surface area contributed by atoms with E-state index in [1.165, 1.54) is 26.4 Å². The number of terminal acetylenes is 1. The molecular formula is C12H12O5. The molecule has 1 aromatic carbocycles. The number of methoxy groups -OCH3 is 2. The lowest BCUT2D eigenvalue weighted by atomic mass is 10.2. The van der Waals surface area contributed by atoms with Crippen LogP contribution in [0.1, 0.15) is 10.4 Å². The Morgan fingerprint density at radius 3 is 2.29 bits per heavy atom. The SMILES string of the molecule is C#CCOC(=O)c1cc(OC)c(O)c(OC)c1. The van der Waals surface area contributed by atoms with Crippen molar-refractivity contribution in [2.45, 2.75) is 0 Å². The number of hydrogen-bond donors (Lipinski definition) is 1. The number of esters is 1. The number of benzene rings is 1. The Balaban J connectivity index is 3.09. The Morgan fingerprint density at radius 2 is 1.88 bits per heavy atom. The average molecular weight is 236 g/mol. The van der Waals surface area contributed by atoms with E-state index in [4.69, 9.17) is 20.6 Å². The zero-order valence-corrected chi connectivity index (χ0v) is 9.52. The molecule has 0 aliphatic carbocycles. The molecule has 0 heterocycles. The van der Waals surface area contributed by atoms with E-state index in [9.17, 15) is 9.90 Å². The molecule has 0 amide bonds. The number of phenols is 1. The molecule has 0 aliphatic rings. The fourth-order valence-electron chi connectivity index (χ4n) is 1.20. The fourth-order valence-corrected chi connectivity index (χ4v) is 1.20. The maximum atomic E-state index is 11.5. The highest BCUT2D eigenvalue weighted by molar-refractivity contribution is 5.91. The molecule has 0 unspecified atom stereocenters. The topological polar surface area (TPSA) is 65.0 Å². The summed E-state index contributed by atoms with van der Waals surface area (Å²) in [4.78, 5) is 11.5. The standard InChI is InChI=1S/C12H12O5/c1-4-5-17-12(14)8-6-9(15-2)11(13)10(7-8)16-3/h1,6-7,13H,5H2,2-3H3. The Bertz CT molecular complexity index is 433. The van der Waals surface area contributed by atoms with Crippen LogP contribution in [0.5, 0.6) is 17.2 Å². The number of rotatable bonds is 4. The molecule has 5 nitrogen and oxygen atoms in total. The smallest absolute Gasteiger partial charge is 0.339 e. The average Bonchev–Trinajstić information content (AvgIpc) is 2.36. The van der Waals surface area contributed by atoms with Gasteiger partial charge in [0.25, 0.3) is 0 Å². The van der Waals surface area contributed by atoms with Gasteiger partial charge in [0.1, 0.15) is 0 Å². The lowest BCUT2D eigenvalue weighted by molar-refractivity contribution is 0.0556. The van der Waals surface area contributed by atoms with Gasteiger partial charge in [-0.25, -0.2) is 4.79 Å². The Hall–Kier alpha value is -2.35. The lowest BCUT2D eigenvalue weighted by Gasteiger charge is -2.10. The summed E-state index contributed by atoms with van der Waals surface area (Å²) in [5, 5.41) is 9.64. The summed E-state index contributed by atoms with van der Waals surface area (Å²) < 4.78 is 14.6. The fraction of sp³-hybridized carbons (Fsp3) is 0.250. The van der Waals surface area contributed by atoms with Crippen molar-refractivity contribution in [3.05, 3.63) is 17.7 Å². The van der Waals surface area contributed by atoms with Gasteiger partial charge in [-0.2, -0.15) is 0 Å². The van der Waals surface area contributed by atoms with Gasteiger partial charge in [0.05, 0.1) is 19.8 Å². The van der Waals surface area contributed by atoms with Gasteiger partial charge in [0.15, 0.2) is 18.1 Å². The summed E-state index contributed by atoms with van der Waals surface area (Å²) in [5.41, 5.74) is 0.187. The predicted molar refractivity (Wildman–Crippen MR) is 60.3 cm³/mol. The summed E-state index contributed by atoms with van der Waals surface area (Å²) in [6.45, 7) is -0.121. The first-order chi connectivity index (χ1) is 8.13. The third-order valence-corrected chi connectivity index (χ3v) is 2.00. The number of aromatic hydroxyl groups is 1. The van der Waals surface area contributed by atoms with Gasteiger partial charge in [-0.3, -0.25) is 0 Å². The third kappa shape index (κ3) is 2.82. The highest BCUT2D eigenvalue weighted by atomic mass is 16.5. The van der Waals surface area contributed by atoms with E-state index in [0.717, 1.165) is 0 Å². The van der Waals surface area contributed by atoms with Crippen molar-refractivity contribution in [3.63, 3.8) is 0 Å². The number of phenolic OH excluding ortho intramolecular Hbond substituents is 1. The molecule has 90 valence electrons. The van der Waals surface area contributed by atoms with Crippen molar-refractivity contribution in [2.24, 2.45) is 0 Å². The van der Waals surface area contributed by atoms with Gasteiger partial charge in [0.2, 0.25) is 5.75 Å². The molecule has 0 atom stereocenters. The monoisotopic (exact) mass is 236 g/mol. The van der Waals surface area contributed by atoms with Crippen LogP contribution >= 0.6 is 0 Å². The van der Waals surface area contributed by atoms with Gasteiger partial charge in [-0.1, -0.05) is 5.92 Å². The first-order valence-electron chi connectivity index (χ1n) is 4.69. The second-order valence-electron chi connectivity index (χ2n) is 3.01. The molecule has 1 rings (SSSR count). The van der Waals surface area contributed by atoms with E-state index in [0.29, 0.717) is 0 Å². The van der Waals surface area contributed by atoms with Crippen LogP contribution < -0.4 is 9.47 Å². The molecule has 1 N–H and O–H groups in total. The summed E-state index contributed by atoms with van der Waals surface area (Å²) in [6, 6.07) is 2.69. The third-order valence-electron chi connectivity index (χ3n) is 2.00. The number of ether oxygens (including phenoxy) is 3. The summed E-state index contributed by atoms with van der Waals surface area (Å²) >= 11 is 0. The molecule has 0 saturated heterocycles. The van der Waals surface area contributed by atoms with Crippen LogP contribution in [0.15, 0.2) is 12.1 Å². The zero-order valence-electron chi connectivity index (χ0n) is 9.52. The van der Waals surface area contributed by atoms with Gasteiger partial charge < -0.3 is 19.3 Å². The van der Waals surface area contributed by atoms with Crippen LogP contribution in [0.4, 0.5) is 0 Å². The second-order valence-corrected chi connectivity index (χ2v) is 3.01. The molecule has 1 aromatic rings. The van der Waals surface area contributed by atoms with Crippen LogP contribution in [-0.2, 0) is 4.74 Å². The molecule has 0 radical (unpaired) electrons. The zero-order chi connectivity index (χ0) is 12.8. The molecule has 0 aliphatic heterocycles. The van der Waals surface area contributed by atoms with Gasteiger partial charge in [-0.15, -0.1) is 6.42 Å². The molecule has 5 heteroatoms. The lowest BCUT2D eigenvalue weighted by Crippen LogP contribution is -2.06. The summed E-state index contributed by atoms with van der Waals surface area (Å²) in [6.07, 6.45) is 4.97. The number of hydrogen-bond acceptors (Lipinski definition) is 5. The minimum absolute atomic E-state index is 0.121. The maximum Gasteiger partial charge on any atom is 0.339 e. The van der Waals surface area contributed by atoms with E-state index in [2.05, 4.69) is 5.92 Å². The molecule has 0 spiro atoms. The van der Waals surface area contributed by atoms with Gasteiger partial charge >= 0.3 is 5.97 Å². The summed E-state index contributed by atoms with van der Waals surface area (Å²) in [7, 11) is 2.73. The van der Waals surface area contributed by atoms with Crippen molar-refractivity contribution in [2.75, 3.05) is 20.8 Å². The van der Waals surface area contributed by atoms with Crippen molar-refractivity contribution in [1.82, 2.24) is 0 Å². The second kappa shape index (κ2) is 5.66. The van der Waals surface area contributed by atoms with Crippen LogP contribution in [0.3, 0.4) is 0 Å². The minimum atomic E-state index is -0.612. The molecule has 0 fully saturated rings. The van der Waals surface area contributed by atoms with E-state index in [1.54, 1.807) is 0 Å². The molecule has 17 heavy (non-hydrogen) atoms. The highest BCUT2D eigenvalue weighted by Gasteiger charge is 2.16. The minimum Gasteiger partial charge on any atom is -0.502 e. The summed E-state index contributed by atoms with van der Waals surface area (Å²) in [5.74, 6) is 1.64. The highest BCUT2D eigenvalue weighted by Crippen LogP contribution is 2.37. The first-order valence-corrected chi connectivity index (χ1v) is 4.69. The van der Waals surface area contributed by atoms with Crippen molar-refractivity contribution in [3.8, 4) is 29.6 Å². The van der Waals surface area contributed by atoms with Gasteiger partial charge in [-0.05, 0) is 12.1 Å². The van der Waals surface area contributed by atoms with Crippen LogP contribution in [0.2, 0.25) is 0 Å². The normalized spacial score (nSPS) is 9.24. The van der Waals surface area contributed by atoms with Crippen molar-refractivity contribution < 1.29 is 24.1 Å².